The number of morpholine rings is 1. The topological polar surface area (TPSA) is 279 Å². The molecular weight excluding hydrogens is 1360 g/mol. The summed E-state index contributed by atoms with van der Waals surface area (Å²) in [4.78, 5) is 193. The van der Waals surface area contributed by atoms with Gasteiger partial charge in [0.1, 0.15) is 47.8 Å². The monoisotopic (exact) mass is 1470 g/mol. The van der Waals surface area contributed by atoms with Crippen molar-refractivity contribution in [2.75, 3.05) is 88.7 Å². The molecule has 2 bridgehead atoms. The van der Waals surface area contributed by atoms with Crippen LogP contribution in [0.25, 0.3) is 0 Å². The van der Waals surface area contributed by atoms with Crippen LogP contribution in [0.3, 0.4) is 0 Å². The van der Waals surface area contributed by atoms with Gasteiger partial charge in [0.15, 0.2) is 0 Å². The van der Waals surface area contributed by atoms with Crippen molar-refractivity contribution in [2.24, 2.45) is 35.5 Å². The van der Waals surface area contributed by atoms with Crippen LogP contribution < -0.4 is 16.0 Å². The van der Waals surface area contributed by atoms with Gasteiger partial charge in [0.2, 0.25) is 70.9 Å². The first-order valence-corrected chi connectivity index (χ1v) is 38.9. The molecule has 0 aromatic heterocycles. The zero-order valence-electron chi connectivity index (χ0n) is 62.3. The summed E-state index contributed by atoms with van der Waals surface area (Å²) in [6.45, 7) is 2.61. The van der Waals surface area contributed by atoms with Crippen molar-refractivity contribution in [3.63, 3.8) is 0 Å². The number of fused-ring (bicyclic) bond motifs is 3. The van der Waals surface area contributed by atoms with Gasteiger partial charge in [-0.2, -0.15) is 13.2 Å². The first-order chi connectivity index (χ1) is 48.8. The molecule has 5 saturated carbocycles. The predicted molar refractivity (Wildman–Crippen MR) is 376 cm³/mol. The van der Waals surface area contributed by atoms with Crippen molar-refractivity contribution in [1.82, 2.24) is 60.0 Å². The van der Waals surface area contributed by atoms with Crippen LogP contribution >= 0.6 is 11.6 Å². The third-order valence-electron chi connectivity index (χ3n) is 25.1. The van der Waals surface area contributed by atoms with Crippen LogP contribution in [0.5, 0.6) is 0 Å². The lowest BCUT2D eigenvalue weighted by Gasteiger charge is -2.44. The van der Waals surface area contributed by atoms with Gasteiger partial charge in [-0.25, -0.2) is 0 Å². The average Bonchev–Trinajstić information content (AvgIpc) is 1.75. The largest absolute Gasteiger partial charge is 0.393 e. The fourth-order valence-electron chi connectivity index (χ4n) is 18.2. The average molecular weight is 1470 g/mol. The second kappa shape index (κ2) is 35.4. The summed E-state index contributed by atoms with van der Waals surface area (Å²) in [7, 11) is 10.2. The number of halogens is 4. The van der Waals surface area contributed by atoms with E-state index >= 15 is 33.6 Å². The van der Waals surface area contributed by atoms with E-state index in [1.54, 1.807) is 18.9 Å². The van der Waals surface area contributed by atoms with Gasteiger partial charge < -0.3 is 64.8 Å². The Balaban J connectivity index is 1.07. The smallest absolute Gasteiger partial charge is 0.377 e. The maximum atomic E-state index is 16.0. The number of nitrogens with zero attached hydrogens (tertiary/aromatic N) is 9. The van der Waals surface area contributed by atoms with Gasteiger partial charge in [-0.3, -0.25) is 57.5 Å². The minimum atomic E-state index is -4.51. The maximum absolute atomic E-state index is 16.0. The summed E-state index contributed by atoms with van der Waals surface area (Å²) in [6.07, 6.45) is 8.73. The highest BCUT2D eigenvalue weighted by molar-refractivity contribution is 6.21. The highest BCUT2D eigenvalue weighted by atomic mass is 35.5. The number of alkyl halides is 4. The third-order valence-corrected chi connectivity index (χ3v) is 25.6. The first kappa shape index (κ1) is 80.8. The van der Waals surface area contributed by atoms with E-state index in [1.807, 2.05) is 6.92 Å². The van der Waals surface area contributed by atoms with Crippen LogP contribution in [0.4, 0.5) is 13.2 Å². The lowest BCUT2D eigenvalue weighted by Crippen LogP contribution is -2.65. The summed E-state index contributed by atoms with van der Waals surface area (Å²) in [5.74, 6) is -10.6. The van der Waals surface area contributed by atoms with Gasteiger partial charge in [0.25, 0.3) is 0 Å². The molecule has 1 spiro atoms. The van der Waals surface area contributed by atoms with E-state index in [2.05, 4.69) is 16.0 Å². The van der Waals surface area contributed by atoms with Crippen LogP contribution in [-0.2, 0) is 62.3 Å². The van der Waals surface area contributed by atoms with Crippen molar-refractivity contribution < 1.29 is 75.4 Å². The molecule has 103 heavy (non-hydrogen) atoms. The number of carbonyl (C=O) groups is 12. The number of hydrogen-bond acceptors (Lipinski definition) is 13. The van der Waals surface area contributed by atoms with Crippen molar-refractivity contribution in [1.29, 1.82) is 0 Å². The molecule has 578 valence electrons. The fourth-order valence-corrected chi connectivity index (χ4v) is 18.7. The van der Waals surface area contributed by atoms with Crippen molar-refractivity contribution in [3.05, 3.63) is 0 Å². The van der Waals surface area contributed by atoms with E-state index in [1.165, 1.54) is 76.6 Å². The normalized spacial score (nSPS) is 32.2. The number of ether oxygens (including phenoxy) is 1. The number of carbonyl (C=O) groups excluding carboxylic acids is 12. The standard InChI is InChI=1S/C74H116ClF3N12O13/c1-10-45(2)62-70(100)84(5)41-60(93)82(3)42-61(94)85(6)56(38-46-21-13-11-14-22-46)68(98)83(4)40-58(91)79-54(33-29-47-28-32-52(53(75)37-47)74(76,77)78)67(97)89-36-20-27-55(89)65(95)81-73(34-17-18-35-73)72(102)88(9)64(49-23-15-12-16-24-49)71(101)86(7)57(69(99)90-50-30-31-51(90)44-103-43-50)39-59(92)87(8)63(66(96)80-62)48-25-19-26-48/h45-57,62-64H,10-44H2,1-9H3,(H,79,91)(H,80,96)(H,81,95)/t45-,47?,50?,51?,52?,53?,54-,55-,56-,57-,62-,63-,64-/m0/s1. The molecule has 9 fully saturated rings. The Morgan fingerprint density at radius 1 is 0.583 bits per heavy atom. The van der Waals surface area contributed by atoms with Crippen molar-refractivity contribution in [2.45, 2.75) is 272 Å². The zero-order chi connectivity index (χ0) is 74.9. The van der Waals surface area contributed by atoms with E-state index in [0.717, 1.165) is 62.7 Å². The Hall–Kier alpha value is -6.32. The van der Waals surface area contributed by atoms with E-state index in [-0.39, 0.29) is 107 Å². The molecule has 0 aromatic rings. The van der Waals surface area contributed by atoms with Crippen LogP contribution in [0.15, 0.2) is 0 Å². The predicted octanol–water partition coefficient (Wildman–Crippen LogP) is 5.62. The SMILES string of the molecule is CC[C@H](C)[C@@H]1NC(=O)[C@H](C2CCC2)N(C)C(=O)C[C@@H](C(=O)N2C3CCC2COC3)N(C)C(=O)[C@H](C2CCCCC2)N(C)C(=O)C2(CCCC2)NC(=O)[C@@H]2CCCN2C(=O)[C@H](CCC2CCC(C(F)(F)F)C(Cl)C2)NC(=O)CN(C)C(=O)[C@H](CC2CCCCC2)N(C)C(=O)CN(C)C(=O)CN(C)C1=O. The Kier molecular flexibility index (Phi) is 27.8. The summed E-state index contributed by atoms with van der Waals surface area (Å²) in [6, 6.07) is -9.16. The molecule has 0 radical (unpaired) electrons. The third kappa shape index (κ3) is 18.9. The Morgan fingerprint density at radius 3 is 1.79 bits per heavy atom. The summed E-state index contributed by atoms with van der Waals surface area (Å²) in [5.41, 5.74) is -1.56. The number of nitrogens with one attached hydrogen (secondary N) is 3. The second-order valence-electron chi connectivity index (χ2n) is 32.0. The first-order valence-electron chi connectivity index (χ1n) is 38.5. The molecule has 5 aliphatic carbocycles. The Labute approximate surface area is 611 Å². The quantitative estimate of drug-likeness (QED) is 0.225. The summed E-state index contributed by atoms with van der Waals surface area (Å²) < 4.78 is 48.0. The van der Waals surface area contributed by atoms with Gasteiger partial charge in [-0.05, 0) is 132 Å². The summed E-state index contributed by atoms with van der Waals surface area (Å²) in [5, 5.41) is 7.71. The minimum Gasteiger partial charge on any atom is -0.377 e. The van der Waals surface area contributed by atoms with E-state index < -0.39 is 174 Å². The number of likely N-dealkylation sites (N-methyl/N-ethyl adjacent to an activating group) is 7. The van der Waals surface area contributed by atoms with E-state index in [0.29, 0.717) is 64.2 Å². The molecule has 5 unspecified atom stereocenters. The molecule has 4 saturated heterocycles. The molecule has 29 heteroatoms. The van der Waals surface area contributed by atoms with Gasteiger partial charge in [0.05, 0.1) is 57.3 Å². The molecule has 3 N–H and O–H groups in total. The fraction of sp³-hybridized carbons (Fsp3) is 0.838. The van der Waals surface area contributed by atoms with E-state index in [9.17, 15) is 37.1 Å². The zero-order valence-corrected chi connectivity index (χ0v) is 63.1. The van der Waals surface area contributed by atoms with E-state index in [4.69, 9.17) is 16.3 Å². The molecule has 12 amide bonds. The van der Waals surface area contributed by atoms with Gasteiger partial charge >= 0.3 is 6.18 Å². The molecule has 4 heterocycles. The molecule has 25 nitrogen and oxygen atoms in total. The minimum absolute atomic E-state index is 0.00158. The molecular formula is C74H116ClF3N12O13. The Morgan fingerprint density at radius 2 is 1.18 bits per heavy atom. The van der Waals surface area contributed by atoms with Crippen LogP contribution in [-0.4, -0.2) is 275 Å². The molecule has 0 aromatic carbocycles. The lowest BCUT2D eigenvalue weighted by atomic mass is 9.78. The molecule has 4 aliphatic heterocycles. The van der Waals surface area contributed by atoms with Crippen LogP contribution in [0.2, 0.25) is 0 Å². The van der Waals surface area contributed by atoms with Gasteiger partial charge in [-0.1, -0.05) is 90.9 Å². The lowest BCUT2D eigenvalue weighted by molar-refractivity contribution is -0.182. The Bertz CT molecular complexity index is 3060. The molecule has 9 aliphatic rings. The van der Waals surface area contributed by atoms with Gasteiger partial charge in [0, 0.05) is 61.3 Å². The maximum Gasteiger partial charge on any atom is 0.393 e. The van der Waals surface area contributed by atoms with Gasteiger partial charge in [-0.15, -0.1) is 11.6 Å². The molecule has 13 atom stereocenters. The highest BCUT2D eigenvalue weighted by Gasteiger charge is 2.54. The number of rotatable bonds is 10. The molecule has 9 rings (SSSR count). The van der Waals surface area contributed by atoms with Crippen LogP contribution in [0, 0.1) is 35.5 Å². The number of amides is 12. The second-order valence-corrected chi connectivity index (χ2v) is 32.6. The highest BCUT2D eigenvalue weighted by Crippen LogP contribution is 2.44. The van der Waals surface area contributed by atoms with Crippen molar-refractivity contribution >= 4 is 82.5 Å². The van der Waals surface area contributed by atoms with Crippen LogP contribution in [0.1, 0.15) is 200 Å². The van der Waals surface area contributed by atoms with Crippen molar-refractivity contribution in [3.8, 4) is 0 Å². The number of hydrogen-bond donors (Lipinski definition) is 3. The summed E-state index contributed by atoms with van der Waals surface area (Å²) >= 11 is 6.42.